The van der Waals surface area contributed by atoms with Crippen LogP contribution in [0, 0.1) is 42.1 Å². The molecule has 31 heavy (non-hydrogen) atoms. The molecule has 0 nitrogen and oxygen atoms in total. The average Bonchev–Trinajstić information content (AvgIpc) is 3.15. The maximum atomic E-state index is 12.0. The van der Waals surface area contributed by atoms with Crippen LogP contribution >= 0.6 is 0 Å². The van der Waals surface area contributed by atoms with Crippen molar-refractivity contribution in [2.24, 2.45) is 0 Å². The molecule has 0 aliphatic carbocycles. The van der Waals surface area contributed by atoms with E-state index in [0.717, 1.165) is 6.07 Å². The van der Waals surface area contributed by atoms with Gasteiger partial charge in [-0.3, -0.25) is 8.78 Å². The Morgan fingerprint density at radius 3 is 1.84 bits per heavy atom. The molecule has 3 radical (unpaired) electrons. The van der Waals surface area contributed by atoms with E-state index in [2.05, 4.69) is 67.6 Å². The van der Waals surface area contributed by atoms with E-state index in [1.165, 1.54) is 27.5 Å². The summed E-state index contributed by atoms with van der Waals surface area (Å²) in [6.07, 6.45) is 0. The smallest absolute Gasteiger partial charge is 1.00 e. The molecule has 0 saturated heterocycles. The molecule has 0 aliphatic heterocycles. The first-order valence-corrected chi connectivity index (χ1v) is 8.01. The molecule has 0 aliphatic rings. The third-order valence-electron chi connectivity index (χ3n) is 4.10. The second-order valence-electron chi connectivity index (χ2n) is 5.84. The van der Waals surface area contributed by atoms with Crippen LogP contribution in [0.3, 0.4) is 0 Å². The molecule has 4 rings (SSSR count). The Bertz CT molecular complexity index is 1090. The topological polar surface area (TPSA) is 0 Å². The zero-order chi connectivity index (χ0) is 19.6. The van der Waals surface area contributed by atoms with Crippen molar-refractivity contribution in [3.05, 3.63) is 101 Å². The predicted octanol–water partition coefficient (Wildman–Crippen LogP) is 0.341. The first-order valence-electron chi connectivity index (χ1n) is 8.01. The summed E-state index contributed by atoms with van der Waals surface area (Å²) in [5.74, 6) is -10.0. The molecule has 4 aromatic carbocycles. The number of benzene rings is 3. The summed E-state index contributed by atoms with van der Waals surface area (Å²) < 4.78 is 59.9. The zero-order valence-corrected chi connectivity index (χ0v) is 20.0. The minimum absolute atomic E-state index is 0. The van der Waals surface area contributed by atoms with Gasteiger partial charge in [-0.05, 0) is 18.1 Å². The number of halogens is 7. The van der Waals surface area contributed by atoms with Gasteiger partial charge in [0.05, 0.1) is 29.1 Å². The van der Waals surface area contributed by atoms with E-state index >= 15 is 0 Å². The minimum atomic E-state index is -2.17. The number of fused-ring (bicyclic) bond motifs is 1. The molecular weight excluding hydrogens is 532 g/mol. The van der Waals surface area contributed by atoms with Crippen molar-refractivity contribution in [1.29, 1.82) is 0 Å². The number of aryl methyl sites for hydroxylation is 1. The number of rotatable bonds is 1. The maximum Gasteiger partial charge on any atom is 4.00 e. The Morgan fingerprint density at radius 2 is 1.26 bits per heavy atom. The Balaban J connectivity index is 0. The van der Waals surface area contributed by atoms with Crippen LogP contribution in [0.5, 0.6) is 0 Å². The summed E-state index contributed by atoms with van der Waals surface area (Å²) >= 11 is 0. The average molecular weight is 545 g/mol. The third kappa shape index (κ3) is 6.97. The van der Waals surface area contributed by atoms with E-state index in [4.69, 9.17) is 0 Å². The van der Waals surface area contributed by atoms with Crippen molar-refractivity contribution in [2.45, 2.75) is 6.92 Å². The summed E-state index contributed by atoms with van der Waals surface area (Å²) in [6, 6.07) is 22.5. The van der Waals surface area contributed by atoms with Gasteiger partial charge in [0, 0.05) is 8.41 Å². The normalized spacial score (nSPS) is 9.23. The summed E-state index contributed by atoms with van der Waals surface area (Å²) in [5.41, 5.74) is 4.00. The van der Waals surface area contributed by atoms with Crippen LogP contribution in [0.4, 0.5) is 22.0 Å². The van der Waals surface area contributed by atoms with Gasteiger partial charge in [-0.15, -0.1) is 35.0 Å². The van der Waals surface area contributed by atoms with E-state index in [1.807, 2.05) is 0 Å². The van der Waals surface area contributed by atoms with E-state index < -0.39 is 29.1 Å². The molecular formula is C22H13BCl2F5Zr. The van der Waals surface area contributed by atoms with Crippen molar-refractivity contribution < 1.29 is 73.0 Å². The van der Waals surface area contributed by atoms with Crippen LogP contribution in [-0.2, 0) is 26.2 Å². The first kappa shape index (κ1) is 31.6. The van der Waals surface area contributed by atoms with Crippen LogP contribution in [0.1, 0.15) is 5.56 Å². The SMILES string of the molecule is Cc1ccccc1-c1cccc2[cH-]ccc12.Fc1[c-]c(F)c(F)c(F)c1F.[B].[Cl-].[Cl-].[Zr+4]. The monoisotopic (exact) mass is 543 g/mol. The van der Waals surface area contributed by atoms with E-state index in [9.17, 15) is 22.0 Å². The predicted molar refractivity (Wildman–Crippen MR) is 101 cm³/mol. The van der Waals surface area contributed by atoms with Gasteiger partial charge in [-0.2, -0.15) is 12.1 Å². The van der Waals surface area contributed by atoms with Gasteiger partial charge in [0.2, 0.25) is 0 Å². The molecule has 0 aromatic heterocycles. The third-order valence-corrected chi connectivity index (χ3v) is 4.10. The molecule has 0 amide bonds. The molecule has 4 aromatic rings. The Kier molecular flexibility index (Phi) is 14.1. The number of hydrogen-bond donors (Lipinski definition) is 0. The van der Waals surface area contributed by atoms with Gasteiger partial charge in [0.1, 0.15) is 0 Å². The van der Waals surface area contributed by atoms with Gasteiger partial charge in [-0.25, -0.2) is 13.2 Å². The molecule has 0 heterocycles. The van der Waals surface area contributed by atoms with Crippen LogP contribution in [0.25, 0.3) is 21.9 Å². The van der Waals surface area contributed by atoms with E-state index in [0.29, 0.717) is 0 Å². The zero-order valence-electron chi connectivity index (χ0n) is 16.0. The van der Waals surface area contributed by atoms with Gasteiger partial charge < -0.3 is 24.8 Å². The fourth-order valence-corrected chi connectivity index (χ4v) is 2.77. The molecule has 0 N–H and O–H groups in total. The summed E-state index contributed by atoms with van der Waals surface area (Å²) in [6.45, 7) is 2.16. The minimum Gasteiger partial charge on any atom is -1.00 e. The van der Waals surface area contributed by atoms with Gasteiger partial charge in [0.25, 0.3) is 0 Å². The molecule has 0 atom stereocenters. The molecule has 157 valence electrons. The fraction of sp³-hybridized carbons (Fsp3) is 0.0455. The maximum absolute atomic E-state index is 12.0. The van der Waals surface area contributed by atoms with Gasteiger partial charge >= 0.3 is 26.2 Å². The molecule has 9 heteroatoms. The second-order valence-corrected chi connectivity index (χ2v) is 5.84. The van der Waals surface area contributed by atoms with Crippen LogP contribution in [0.15, 0.2) is 60.7 Å². The van der Waals surface area contributed by atoms with Crippen molar-refractivity contribution in [3.8, 4) is 11.1 Å². The standard InChI is InChI=1S/C16H13.C6F5.B.2ClH.Zr/c1-12-6-2-3-9-14(12)16-11-5-8-13-7-4-10-15(13)16;7-2-1-3(8)5(10)6(11)4(2)9;;;;/h2-11H,1H3;;;2*1H;/q2*-1;;;;+4/p-2. The van der Waals surface area contributed by atoms with Crippen LogP contribution in [-0.4, -0.2) is 8.41 Å². The quantitative estimate of drug-likeness (QED) is 0.107. The molecule has 0 saturated carbocycles. The largest absolute Gasteiger partial charge is 4.00 e. The Morgan fingerprint density at radius 1 is 0.710 bits per heavy atom. The van der Waals surface area contributed by atoms with E-state index in [-0.39, 0.29) is 59.4 Å². The van der Waals surface area contributed by atoms with Crippen molar-refractivity contribution in [3.63, 3.8) is 0 Å². The van der Waals surface area contributed by atoms with Gasteiger partial charge in [0.15, 0.2) is 0 Å². The summed E-state index contributed by atoms with van der Waals surface area (Å²) in [7, 11) is 0. The molecule has 0 spiro atoms. The molecule has 0 bridgehead atoms. The Labute approximate surface area is 210 Å². The summed E-state index contributed by atoms with van der Waals surface area (Å²) in [5, 5.41) is 2.66. The van der Waals surface area contributed by atoms with Crippen molar-refractivity contribution in [1.82, 2.24) is 0 Å². The molecule has 0 unspecified atom stereocenters. The first-order chi connectivity index (χ1) is 12.9. The number of hydrogen-bond acceptors (Lipinski definition) is 0. The van der Waals surface area contributed by atoms with Crippen molar-refractivity contribution >= 4 is 19.2 Å². The van der Waals surface area contributed by atoms with Gasteiger partial charge in [-0.1, -0.05) is 35.9 Å². The fourth-order valence-electron chi connectivity index (χ4n) is 2.77. The second kappa shape index (κ2) is 13.8. The van der Waals surface area contributed by atoms with Crippen molar-refractivity contribution in [2.75, 3.05) is 0 Å². The molecule has 0 fully saturated rings. The Hall–Kier alpha value is -1.55. The van der Waals surface area contributed by atoms with E-state index in [1.54, 1.807) is 0 Å². The summed E-state index contributed by atoms with van der Waals surface area (Å²) in [4.78, 5) is 0. The van der Waals surface area contributed by atoms with Crippen LogP contribution in [0.2, 0.25) is 0 Å². The van der Waals surface area contributed by atoms with Crippen LogP contribution < -0.4 is 24.8 Å².